The van der Waals surface area contributed by atoms with Crippen molar-refractivity contribution in [2.45, 2.75) is 0 Å². The van der Waals surface area contributed by atoms with Gasteiger partial charge in [-0.1, -0.05) is 0 Å². The molecular formula is C15H25N7O. The lowest BCUT2D eigenvalue weighted by molar-refractivity contribution is 0.128. The minimum Gasteiger partial charge on any atom is -0.336 e. The third-order valence-electron chi connectivity index (χ3n) is 4.42. The Morgan fingerprint density at radius 1 is 1.00 bits per heavy atom. The molecular weight excluding hydrogens is 294 g/mol. The van der Waals surface area contributed by atoms with E-state index < -0.39 is 0 Å². The molecule has 8 heteroatoms. The van der Waals surface area contributed by atoms with Gasteiger partial charge in [-0.15, -0.1) is 0 Å². The molecule has 1 N–H and O–H groups in total. The molecule has 0 radical (unpaired) electrons. The lowest BCUT2D eigenvalue weighted by atomic mass is 10.3. The van der Waals surface area contributed by atoms with E-state index in [1.807, 2.05) is 0 Å². The maximum Gasteiger partial charge on any atom is 0.317 e. The second-order valence-electron chi connectivity index (χ2n) is 5.93. The van der Waals surface area contributed by atoms with Crippen LogP contribution in [-0.4, -0.2) is 104 Å². The quantitative estimate of drug-likeness (QED) is 0.576. The molecule has 0 aromatic heterocycles. The number of urea groups is 1. The molecule has 8 nitrogen and oxygen atoms in total. The van der Waals surface area contributed by atoms with E-state index in [9.17, 15) is 4.79 Å². The van der Waals surface area contributed by atoms with Gasteiger partial charge in [-0.2, -0.15) is 10.5 Å². The second-order valence-corrected chi connectivity index (χ2v) is 5.93. The van der Waals surface area contributed by atoms with E-state index in [1.54, 1.807) is 4.90 Å². The number of nitriles is 2. The molecule has 23 heavy (non-hydrogen) atoms. The van der Waals surface area contributed by atoms with Crippen molar-refractivity contribution in [3.63, 3.8) is 0 Å². The van der Waals surface area contributed by atoms with E-state index in [4.69, 9.17) is 10.5 Å². The van der Waals surface area contributed by atoms with E-state index in [0.717, 1.165) is 52.4 Å². The Morgan fingerprint density at radius 2 is 1.70 bits per heavy atom. The fraction of sp³-hybridized carbons (Fsp3) is 0.800. The van der Waals surface area contributed by atoms with E-state index >= 15 is 0 Å². The van der Waals surface area contributed by atoms with Gasteiger partial charge in [-0.25, -0.2) is 4.79 Å². The Kier molecular flexibility index (Phi) is 7.08. The smallest absolute Gasteiger partial charge is 0.317 e. The highest BCUT2D eigenvalue weighted by Gasteiger charge is 2.20. The molecule has 2 saturated heterocycles. The van der Waals surface area contributed by atoms with Crippen molar-refractivity contribution in [3.05, 3.63) is 0 Å². The molecule has 0 bridgehead atoms. The number of hydrogen-bond donors (Lipinski definition) is 1. The van der Waals surface area contributed by atoms with Crippen LogP contribution in [0.4, 0.5) is 4.79 Å². The first kappa shape index (κ1) is 17.5. The summed E-state index contributed by atoms with van der Waals surface area (Å²) in [5.41, 5.74) is 0. The summed E-state index contributed by atoms with van der Waals surface area (Å²) in [5, 5.41) is 20.5. The maximum atomic E-state index is 11.5. The van der Waals surface area contributed by atoms with Crippen LogP contribution in [-0.2, 0) is 0 Å². The van der Waals surface area contributed by atoms with Gasteiger partial charge >= 0.3 is 6.03 Å². The number of amides is 2. The number of hydrogen-bond acceptors (Lipinski definition) is 6. The van der Waals surface area contributed by atoms with Crippen LogP contribution in [0.5, 0.6) is 0 Å². The second kappa shape index (κ2) is 9.31. The molecule has 0 unspecified atom stereocenters. The molecule has 0 saturated carbocycles. The third kappa shape index (κ3) is 5.68. The average Bonchev–Trinajstić information content (AvgIpc) is 2.97. The van der Waals surface area contributed by atoms with Gasteiger partial charge in [-0.05, 0) is 0 Å². The molecule has 2 heterocycles. The van der Waals surface area contributed by atoms with E-state index in [1.165, 1.54) is 0 Å². The summed E-state index contributed by atoms with van der Waals surface area (Å²) >= 11 is 0. The summed E-state index contributed by atoms with van der Waals surface area (Å²) in [4.78, 5) is 20.0. The summed E-state index contributed by atoms with van der Waals surface area (Å²) in [6, 6.07) is 4.40. The van der Waals surface area contributed by atoms with Crippen LogP contribution in [0.1, 0.15) is 0 Å². The molecule has 0 aliphatic carbocycles. The van der Waals surface area contributed by atoms with Crippen molar-refractivity contribution in [2.75, 3.05) is 78.5 Å². The fourth-order valence-electron chi connectivity index (χ4n) is 2.91. The summed E-state index contributed by atoms with van der Waals surface area (Å²) in [6.45, 7) is 9.32. The summed E-state index contributed by atoms with van der Waals surface area (Å²) < 4.78 is 0. The number of rotatable bonds is 8. The molecule has 0 aromatic carbocycles. The van der Waals surface area contributed by atoms with Crippen LogP contribution in [0.2, 0.25) is 0 Å². The Labute approximate surface area is 137 Å². The van der Waals surface area contributed by atoms with Gasteiger partial charge in [0.1, 0.15) is 0 Å². The highest BCUT2D eigenvalue weighted by atomic mass is 16.2. The van der Waals surface area contributed by atoms with Gasteiger partial charge in [-0.3, -0.25) is 14.7 Å². The SMILES string of the molecule is N#CCN1CCN(CCN(CC#N)CCN2CCNC2=O)CC1. The van der Waals surface area contributed by atoms with Crippen LogP contribution < -0.4 is 5.32 Å². The van der Waals surface area contributed by atoms with Crippen LogP contribution >= 0.6 is 0 Å². The maximum absolute atomic E-state index is 11.5. The van der Waals surface area contributed by atoms with Crippen LogP contribution in [0.15, 0.2) is 0 Å². The van der Waals surface area contributed by atoms with Gasteiger partial charge < -0.3 is 10.2 Å². The average molecular weight is 319 g/mol. The standard InChI is InChI=1S/C15H25N7O/c16-1-4-19-7-10-21(11-8-19)12-9-20(5-2-17)13-14-22-6-3-18-15(22)23/h3-14H2,(H,18,23). The predicted octanol–water partition coefficient (Wildman–Crippen LogP) is -1.02. The lowest BCUT2D eigenvalue weighted by Crippen LogP contribution is -2.49. The Balaban J connectivity index is 1.67. The predicted molar refractivity (Wildman–Crippen MR) is 85.5 cm³/mol. The van der Waals surface area contributed by atoms with Gasteiger partial charge in [0.05, 0.1) is 25.2 Å². The zero-order valence-corrected chi connectivity index (χ0v) is 13.6. The van der Waals surface area contributed by atoms with Crippen LogP contribution in [0.3, 0.4) is 0 Å². The molecule has 2 rings (SSSR count). The molecule has 2 amide bonds. The number of nitrogens with one attached hydrogen (secondary N) is 1. The summed E-state index contributed by atoms with van der Waals surface area (Å²) in [5.74, 6) is 0. The highest BCUT2D eigenvalue weighted by Crippen LogP contribution is 2.02. The third-order valence-corrected chi connectivity index (χ3v) is 4.42. The Hall–Kier alpha value is -1.87. The lowest BCUT2D eigenvalue weighted by Gasteiger charge is -2.34. The van der Waals surface area contributed by atoms with Gasteiger partial charge in [0.25, 0.3) is 0 Å². The Bertz CT molecular complexity index is 461. The zero-order chi connectivity index (χ0) is 16.5. The van der Waals surface area contributed by atoms with Crippen molar-refractivity contribution in [3.8, 4) is 12.1 Å². The molecule has 2 aliphatic heterocycles. The summed E-state index contributed by atoms with van der Waals surface area (Å²) in [6.07, 6.45) is 0. The fourth-order valence-corrected chi connectivity index (χ4v) is 2.91. The molecule has 0 aromatic rings. The van der Waals surface area contributed by atoms with Crippen molar-refractivity contribution in [2.24, 2.45) is 0 Å². The van der Waals surface area contributed by atoms with Crippen molar-refractivity contribution in [1.29, 1.82) is 10.5 Å². The highest BCUT2D eigenvalue weighted by molar-refractivity contribution is 5.76. The monoisotopic (exact) mass is 319 g/mol. The van der Waals surface area contributed by atoms with Crippen LogP contribution in [0.25, 0.3) is 0 Å². The van der Waals surface area contributed by atoms with Crippen LogP contribution in [0, 0.1) is 22.7 Å². The Morgan fingerprint density at radius 3 is 2.30 bits per heavy atom. The van der Waals surface area contributed by atoms with E-state index in [0.29, 0.717) is 26.2 Å². The van der Waals surface area contributed by atoms with Crippen molar-refractivity contribution < 1.29 is 4.79 Å². The zero-order valence-electron chi connectivity index (χ0n) is 13.6. The first-order valence-corrected chi connectivity index (χ1v) is 8.16. The first-order valence-electron chi connectivity index (χ1n) is 8.16. The molecule has 126 valence electrons. The largest absolute Gasteiger partial charge is 0.336 e. The van der Waals surface area contributed by atoms with Gasteiger partial charge in [0.2, 0.25) is 0 Å². The number of carbonyl (C=O) groups is 1. The summed E-state index contributed by atoms with van der Waals surface area (Å²) in [7, 11) is 0. The molecule has 0 spiro atoms. The number of carbonyl (C=O) groups excluding carboxylic acids is 1. The molecule has 2 fully saturated rings. The van der Waals surface area contributed by atoms with E-state index in [2.05, 4.69) is 32.2 Å². The molecule has 0 atom stereocenters. The number of piperazine rings is 1. The first-order chi connectivity index (χ1) is 11.2. The minimum absolute atomic E-state index is 0.00415. The van der Waals surface area contributed by atoms with Gasteiger partial charge in [0.15, 0.2) is 0 Å². The normalized spacial score (nSPS) is 19.6. The minimum atomic E-state index is -0.00415. The van der Waals surface area contributed by atoms with Crippen molar-refractivity contribution in [1.82, 2.24) is 24.9 Å². The van der Waals surface area contributed by atoms with Gasteiger partial charge in [0, 0.05) is 65.4 Å². The number of nitrogens with zero attached hydrogens (tertiary/aromatic N) is 6. The van der Waals surface area contributed by atoms with Crippen molar-refractivity contribution >= 4 is 6.03 Å². The molecule has 2 aliphatic rings. The topological polar surface area (TPSA) is 89.6 Å². The van der Waals surface area contributed by atoms with E-state index in [-0.39, 0.29) is 6.03 Å².